The van der Waals surface area contributed by atoms with Gasteiger partial charge in [-0.2, -0.15) is 0 Å². The molecule has 0 fully saturated rings. The van der Waals surface area contributed by atoms with Gasteiger partial charge in [-0.25, -0.2) is 0 Å². The summed E-state index contributed by atoms with van der Waals surface area (Å²) in [6, 6.07) is 5.22. The van der Waals surface area contributed by atoms with Crippen molar-refractivity contribution in [3.8, 4) is 5.75 Å². The molecule has 0 aliphatic heterocycles. The third-order valence-electron chi connectivity index (χ3n) is 2.25. The Morgan fingerprint density at radius 1 is 1.38 bits per heavy atom. The zero-order valence-electron chi connectivity index (χ0n) is 9.96. The van der Waals surface area contributed by atoms with Crippen molar-refractivity contribution in [2.24, 2.45) is 0 Å². The van der Waals surface area contributed by atoms with Crippen molar-refractivity contribution in [2.45, 2.75) is 27.2 Å². The summed E-state index contributed by atoms with van der Waals surface area (Å²) in [4.78, 5) is 11.2. The van der Waals surface area contributed by atoms with Crippen LogP contribution in [0, 0.1) is 5.41 Å². The van der Waals surface area contributed by atoms with Gasteiger partial charge in [-0.05, 0) is 38.5 Å². The zero-order valence-corrected chi connectivity index (χ0v) is 9.96. The Kier molecular flexibility index (Phi) is 4.23. The maximum atomic E-state index is 11.2. The first-order chi connectivity index (χ1) is 7.56. The summed E-state index contributed by atoms with van der Waals surface area (Å²) in [6.07, 6.45) is 0.922. The van der Waals surface area contributed by atoms with Gasteiger partial charge in [-0.3, -0.25) is 4.79 Å². The van der Waals surface area contributed by atoms with Crippen molar-refractivity contribution in [2.75, 3.05) is 6.61 Å². The first-order valence-corrected chi connectivity index (χ1v) is 5.39. The monoisotopic (exact) mass is 219 g/mol. The van der Waals surface area contributed by atoms with Crippen molar-refractivity contribution in [3.63, 3.8) is 0 Å². The molecule has 0 unspecified atom stereocenters. The van der Waals surface area contributed by atoms with E-state index in [9.17, 15) is 4.79 Å². The van der Waals surface area contributed by atoms with E-state index < -0.39 is 0 Å². The van der Waals surface area contributed by atoms with Crippen LogP contribution in [0.25, 0.3) is 0 Å². The number of ether oxygens (including phenoxy) is 1. The SMILES string of the molecule is CCCOc1ccc(C(C)=O)cc1C(C)=N. The Morgan fingerprint density at radius 2 is 2.06 bits per heavy atom. The molecular weight excluding hydrogens is 202 g/mol. The first kappa shape index (κ1) is 12.4. The van der Waals surface area contributed by atoms with Gasteiger partial charge in [0.25, 0.3) is 0 Å². The molecule has 86 valence electrons. The number of carbonyl (C=O) groups excluding carboxylic acids is 1. The summed E-state index contributed by atoms with van der Waals surface area (Å²) in [5, 5.41) is 7.66. The molecule has 3 nitrogen and oxygen atoms in total. The highest BCUT2D eigenvalue weighted by Crippen LogP contribution is 2.21. The van der Waals surface area contributed by atoms with Crippen molar-refractivity contribution >= 4 is 11.5 Å². The maximum Gasteiger partial charge on any atom is 0.159 e. The van der Waals surface area contributed by atoms with E-state index in [2.05, 4.69) is 0 Å². The molecule has 16 heavy (non-hydrogen) atoms. The molecule has 0 atom stereocenters. The fourth-order valence-corrected chi connectivity index (χ4v) is 1.38. The van der Waals surface area contributed by atoms with Crippen LogP contribution in [0.2, 0.25) is 0 Å². The minimum absolute atomic E-state index is 0.00421. The van der Waals surface area contributed by atoms with Crippen LogP contribution in [-0.4, -0.2) is 18.1 Å². The highest BCUT2D eigenvalue weighted by atomic mass is 16.5. The third-order valence-corrected chi connectivity index (χ3v) is 2.25. The quantitative estimate of drug-likeness (QED) is 0.611. The Bertz CT molecular complexity index is 410. The lowest BCUT2D eigenvalue weighted by Crippen LogP contribution is -2.04. The smallest absolute Gasteiger partial charge is 0.159 e. The van der Waals surface area contributed by atoms with Crippen molar-refractivity contribution < 1.29 is 9.53 Å². The van der Waals surface area contributed by atoms with Gasteiger partial charge in [0.2, 0.25) is 0 Å². The second-order valence-corrected chi connectivity index (χ2v) is 3.74. The van der Waals surface area contributed by atoms with Gasteiger partial charge in [0.05, 0.1) is 6.61 Å². The topological polar surface area (TPSA) is 50.2 Å². The molecule has 0 saturated carbocycles. The molecule has 0 aliphatic rings. The lowest BCUT2D eigenvalue weighted by Gasteiger charge is -2.11. The van der Waals surface area contributed by atoms with Crippen LogP contribution in [0.15, 0.2) is 18.2 Å². The summed E-state index contributed by atoms with van der Waals surface area (Å²) in [6.45, 7) is 5.86. The summed E-state index contributed by atoms with van der Waals surface area (Å²) < 4.78 is 5.53. The van der Waals surface area contributed by atoms with E-state index in [1.165, 1.54) is 6.92 Å². The average molecular weight is 219 g/mol. The fourth-order valence-electron chi connectivity index (χ4n) is 1.38. The summed E-state index contributed by atoms with van der Waals surface area (Å²) in [7, 11) is 0. The lowest BCUT2D eigenvalue weighted by molar-refractivity contribution is 0.101. The number of hydrogen-bond acceptors (Lipinski definition) is 3. The number of Topliss-reactive ketones (excluding diaryl/α,β-unsaturated/α-hetero) is 1. The largest absolute Gasteiger partial charge is 0.493 e. The Morgan fingerprint density at radius 3 is 2.56 bits per heavy atom. The number of nitrogens with one attached hydrogen (secondary N) is 1. The highest BCUT2D eigenvalue weighted by molar-refractivity contribution is 6.02. The average Bonchev–Trinajstić information content (AvgIpc) is 2.25. The molecule has 0 aliphatic carbocycles. The Labute approximate surface area is 95.9 Å². The van der Waals surface area contributed by atoms with Crippen molar-refractivity contribution in [3.05, 3.63) is 29.3 Å². The lowest BCUT2D eigenvalue weighted by atomic mass is 10.0. The van der Waals surface area contributed by atoms with Crippen molar-refractivity contribution in [1.82, 2.24) is 0 Å². The Balaban J connectivity index is 3.09. The molecule has 0 heterocycles. The van der Waals surface area contributed by atoms with E-state index in [0.717, 1.165) is 6.42 Å². The molecule has 0 aromatic heterocycles. The van der Waals surface area contributed by atoms with Gasteiger partial charge in [0.15, 0.2) is 5.78 Å². The number of carbonyl (C=O) groups is 1. The zero-order chi connectivity index (χ0) is 12.1. The van der Waals surface area contributed by atoms with E-state index in [1.54, 1.807) is 25.1 Å². The minimum Gasteiger partial charge on any atom is -0.493 e. The van der Waals surface area contributed by atoms with Crippen LogP contribution in [-0.2, 0) is 0 Å². The predicted molar refractivity (Wildman–Crippen MR) is 64.7 cm³/mol. The molecule has 1 aromatic carbocycles. The normalized spacial score (nSPS) is 9.94. The van der Waals surface area contributed by atoms with Gasteiger partial charge < -0.3 is 10.1 Å². The molecule has 3 heteroatoms. The molecule has 0 amide bonds. The van der Waals surface area contributed by atoms with Crippen LogP contribution in [0.3, 0.4) is 0 Å². The number of benzene rings is 1. The van der Waals surface area contributed by atoms with E-state index in [1.807, 2.05) is 6.92 Å². The van der Waals surface area contributed by atoms with Crippen LogP contribution >= 0.6 is 0 Å². The molecule has 0 saturated heterocycles. The molecule has 0 bridgehead atoms. The van der Waals surface area contributed by atoms with E-state index in [-0.39, 0.29) is 5.78 Å². The maximum absolute atomic E-state index is 11.2. The summed E-state index contributed by atoms with van der Waals surface area (Å²) in [5.41, 5.74) is 1.72. The van der Waals surface area contributed by atoms with Gasteiger partial charge in [0, 0.05) is 16.8 Å². The molecule has 1 aromatic rings. The molecule has 0 radical (unpaired) electrons. The van der Waals surface area contributed by atoms with Crippen LogP contribution in [0.4, 0.5) is 0 Å². The Hall–Kier alpha value is -1.64. The van der Waals surface area contributed by atoms with Crippen LogP contribution in [0.5, 0.6) is 5.75 Å². The first-order valence-electron chi connectivity index (χ1n) is 5.39. The third kappa shape index (κ3) is 2.92. The van der Waals surface area contributed by atoms with E-state index >= 15 is 0 Å². The molecule has 1 rings (SSSR count). The van der Waals surface area contributed by atoms with E-state index in [4.69, 9.17) is 10.1 Å². The minimum atomic E-state index is 0.00421. The summed E-state index contributed by atoms with van der Waals surface area (Å²) in [5.74, 6) is 0.684. The number of rotatable bonds is 5. The van der Waals surface area contributed by atoms with Crippen LogP contribution in [0.1, 0.15) is 43.1 Å². The van der Waals surface area contributed by atoms with E-state index in [0.29, 0.717) is 29.2 Å². The second-order valence-electron chi connectivity index (χ2n) is 3.74. The van der Waals surface area contributed by atoms with Crippen molar-refractivity contribution in [1.29, 1.82) is 5.41 Å². The van der Waals surface area contributed by atoms with Gasteiger partial charge in [-0.1, -0.05) is 6.92 Å². The highest BCUT2D eigenvalue weighted by Gasteiger charge is 2.09. The van der Waals surface area contributed by atoms with Gasteiger partial charge in [-0.15, -0.1) is 0 Å². The number of hydrogen-bond donors (Lipinski definition) is 1. The summed E-state index contributed by atoms with van der Waals surface area (Å²) >= 11 is 0. The second kappa shape index (κ2) is 5.45. The molecule has 0 spiro atoms. The van der Waals surface area contributed by atoms with Crippen LogP contribution < -0.4 is 4.74 Å². The fraction of sp³-hybridized carbons (Fsp3) is 0.385. The predicted octanol–water partition coefficient (Wildman–Crippen LogP) is 3.07. The standard InChI is InChI=1S/C13H17NO2/c1-4-7-16-13-6-5-11(10(3)15)8-12(13)9(2)14/h5-6,8,14H,4,7H2,1-3H3. The molecule has 1 N–H and O–H groups in total. The number of ketones is 1. The molecular formula is C13H17NO2. The van der Waals surface area contributed by atoms with Gasteiger partial charge in [0.1, 0.15) is 5.75 Å². The van der Waals surface area contributed by atoms with Gasteiger partial charge >= 0.3 is 0 Å².